The van der Waals surface area contributed by atoms with E-state index in [2.05, 4.69) is 12.1 Å². The summed E-state index contributed by atoms with van der Waals surface area (Å²) in [5, 5.41) is 4.61. The number of para-hydroxylation sites is 1. The van der Waals surface area contributed by atoms with E-state index in [0.29, 0.717) is 0 Å². The maximum atomic E-state index is 14.2. The van der Waals surface area contributed by atoms with Crippen molar-refractivity contribution in [3.63, 3.8) is 0 Å². The molecule has 184 valence electrons. The molecule has 0 bridgehead atoms. The summed E-state index contributed by atoms with van der Waals surface area (Å²) in [7, 11) is -0.937. The van der Waals surface area contributed by atoms with Crippen molar-refractivity contribution in [2.75, 3.05) is 11.9 Å². The fourth-order valence-corrected chi connectivity index (χ4v) is 6.74. The summed E-state index contributed by atoms with van der Waals surface area (Å²) in [6.07, 6.45) is 4.01. The molecule has 1 aliphatic rings. The molecule has 5 aromatic rings. The molecule has 0 fully saturated rings. The third-order valence-corrected chi connectivity index (χ3v) is 8.97. The third-order valence-electron chi connectivity index (χ3n) is 5.98. The van der Waals surface area contributed by atoms with Crippen molar-refractivity contribution in [3.8, 4) is 0 Å². The van der Waals surface area contributed by atoms with Crippen LogP contribution in [0.1, 0.15) is 0 Å². The van der Waals surface area contributed by atoms with Crippen molar-refractivity contribution in [3.05, 3.63) is 153 Å². The first-order valence-corrected chi connectivity index (χ1v) is 13.5. The van der Waals surface area contributed by atoms with Crippen molar-refractivity contribution in [1.29, 1.82) is 0 Å². The van der Waals surface area contributed by atoms with Gasteiger partial charge in [0.15, 0.2) is 0 Å². The average molecular weight is 678 g/mol. The second-order valence-corrected chi connectivity index (χ2v) is 11.2. The molecular formula is C32H26IrN2OP. The number of hydrogen-bond acceptors (Lipinski definition) is 3. The van der Waals surface area contributed by atoms with Crippen molar-refractivity contribution in [1.82, 2.24) is 4.90 Å². The normalized spacial score (nSPS) is 12.6. The second-order valence-electron chi connectivity index (χ2n) is 8.46. The van der Waals surface area contributed by atoms with Gasteiger partial charge in [-0.3, -0.25) is 0 Å². The standard InChI is InChI=1S/C22H16OP.C10H10N2.Ir/c23-24(20-11-3-1-4-12-20,21-13-5-2-6-14-21)22-16-15-18-9-7-8-10-19(18)17-22;1-11-7-8-12(9-11)10-5-3-2-4-6-10;/h1-15,17H;2-5,7-9H,1H3;/q-1;-2;+3. The van der Waals surface area contributed by atoms with E-state index in [1.54, 1.807) is 0 Å². The van der Waals surface area contributed by atoms with Crippen LogP contribution in [0.4, 0.5) is 5.69 Å². The smallest absolute Gasteiger partial charge is 0.510 e. The molecule has 0 N–H and O–H groups in total. The zero-order valence-corrected chi connectivity index (χ0v) is 23.7. The number of rotatable bonds is 4. The van der Waals surface area contributed by atoms with Crippen LogP contribution in [0.2, 0.25) is 0 Å². The molecule has 5 heteroatoms. The Bertz CT molecular complexity index is 1460. The van der Waals surface area contributed by atoms with Gasteiger partial charge >= 0.3 is 20.1 Å². The molecule has 0 saturated carbocycles. The van der Waals surface area contributed by atoms with Gasteiger partial charge in [-0.05, 0) is 19.4 Å². The summed E-state index contributed by atoms with van der Waals surface area (Å²) in [6.45, 7) is 2.01. The van der Waals surface area contributed by atoms with Crippen LogP contribution in [0, 0.1) is 18.8 Å². The largest absolute Gasteiger partial charge is 3.00 e. The Morgan fingerprint density at radius 2 is 1.30 bits per heavy atom. The number of benzene rings is 5. The topological polar surface area (TPSA) is 23.6 Å². The summed E-state index contributed by atoms with van der Waals surface area (Å²) in [5.74, 6) is 0. The number of fused-ring (bicyclic) bond motifs is 1. The molecule has 0 unspecified atom stereocenters. The fourth-order valence-electron chi connectivity index (χ4n) is 4.14. The van der Waals surface area contributed by atoms with E-state index in [1.807, 2.05) is 157 Å². The Balaban J connectivity index is 0.000000208. The molecular weight excluding hydrogens is 652 g/mol. The van der Waals surface area contributed by atoms with Gasteiger partial charge in [0.1, 0.15) is 7.14 Å². The van der Waals surface area contributed by atoms with E-state index < -0.39 is 7.14 Å². The molecule has 0 aliphatic carbocycles. The van der Waals surface area contributed by atoms with Gasteiger partial charge in [-0.2, -0.15) is 55.2 Å². The fraction of sp³-hybridized carbons (Fsp3) is 0.0312. The molecule has 1 aliphatic heterocycles. The molecule has 0 aromatic heterocycles. The van der Waals surface area contributed by atoms with Gasteiger partial charge < -0.3 is 14.4 Å². The number of hydrogen-bond donors (Lipinski definition) is 0. The van der Waals surface area contributed by atoms with Gasteiger partial charge in [-0.25, -0.2) is 0 Å². The van der Waals surface area contributed by atoms with Crippen LogP contribution in [0.5, 0.6) is 0 Å². The zero-order valence-electron chi connectivity index (χ0n) is 20.4. The summed E-state index contributed by atoms with van der Waals surface area (Å²) < 4.78 is 14.2. The van der Waals surface area contributed by atoms with Crippen molar-refractivity contribution in [2.45, 2.75) is 0 Å². The zero-order chi connectivity index (χ0) is 24.8. The van der Waals surface area contributed by atoms with E-state index in [1.165, 1.54) is 0 Å². The van der Waals surface area contributed by atoms with Crippen LogP contribution >= 0.6 is 7.14 Å². The molecule has 0 radical (unpaired) electrons. The minimum absolute atomic E-state index is 0. The van der Waals surface area contributed by atoms with E-state index in [9.17, 15) is 4.57 Å². The van der Waals surface area contributed by atoms with Crippen molar-refractivity contribution < 1.29 is 24.7 Å². The monoisotopic (exact) mass is 678 g/mol. The van der Waals surface area contributed by atoms with Crippen LogP contribution in [0.3, 0.4) is 0 Å². The minimum atomic E-state index is -2.94. The van der Waals surface area contributed by atoms with Crippen LogP contribution in [-0.4, -0.2) is 11.9 Å². The Labute approximate surface area is 232 Å². The third kappa shape index (κ3) is 5.95. The Kier molecular flexibility index (Phi) is 8.79. The molecule has 1 heterocycles. The molecule has 0 spiro atoms. The van der Waals surface area contributed by atoms with Crippen LogP contribution in [-0.2, 0) is 24.7 Å². The first kappa shape index (κ1) is 26.6. The molecule has 0 saturated heterocycles. The molecule has 3 nitrogen and oxygen atoms in total. The van der Waals surface area contributed by atoms with Crippen LogP contribution in [0.25, 0.3) is 10.8 Å². The van der Waals surface area contributed by atoms with Gasteiger partial charge in [0, 0.05) is 10.6 Å². The van der Waals surface area contributed by atoms with Gasteiger partial charge in [-0.1, -0.05) is 84.2 Å². The minimum Gasteiger partial charge on any atom is -0.510 e. The van der Waals surface area contributed by atoms with E-state index >= 15 is 0 Å². The molecule has 6 rings (SSSR count). The summed E-state index contributed by atoms with van der Waals surface area (Å²) in [6, 6.07) is 45.8. The maximum Gasteiger partial charge on any atom is 3.00 e. The SMILES string of the molecule is CN1C=CN(c2[c-]cccc2)[CH-]1.O=P(c1[c-]cc2ccccc2c1)(c1ccccc1)c1ccccc1.[Ir+3]. The van der Waals surface area contributed by atoms with Crippen molar-refractivity contribution >= 4 is 39.5 Å². The molecule has 0 atom stereocenters. The van der Waals surface area contributed by atoms with Gasteiger partial charge in [-0.15, -0.1) is 22.5 Å². The predicted octanol–water partition coefficient (Wildman–Crippen LogP) is 6.11. The van der Waals surface area contributed by atoms with Crippen LogP contribution in [0.15, 0.2) is 134 Å². The Morgan fingerprint density at radius 1 is 0.703 bits per heavy atom. The average Bonchev–Trinajstić information content (AvgIpc) is 3.40. The summed E-state index contributed by atoms with van der Waals surface area (Å²) >= 11 is 0. The maximum absolute atomic E-state index is 14.2. The first-order chi connectivity index (χ1) is 17.6. The molecule has 0 amide bonds. The van der Waals surface area contributed by atoms with E-state index in [-0.39, 0.29) is 20.1 Å². The first-order valence-electron chi connectivity index (χ1n) is 11.8. The van der Waals surface area contributed by atoms with E-state index in [4.69, 9.17) is 0 Å². The van der Waals surface area contributed by atoms with E-state index in [0.717, 1.165) is 32.4 Å². The summed E-state index contributed by atoms with van der Waals surface area (Å²) in [5.41, 5.74) is 1.07. The Morgan fingerprint density at radius 3 is 1.86 bits per heavy atom. The number of anilines is 1. The van der Waals surface area contributed by atoms with Gasteiger partial charge in [0.05, 0.1) is 0 Å². The predicted molar refractivity (Wildman–Crippen MR) is 151 cm³/mol. The molecule has 5 aromatic carbocycles. The number of nitrogens with zero attached hydrogens (tertiary/aromatic N) is 2. The van der Waals surface area contributed by atoms with Crippen LogP contribution < -0.4 is 20.8 Å². The van der Waals surface area contributed by atoms with Gasteiger partial charge in [0.25, 0.3) is 0 Å². The second kappa shape index (κ2) is 12.2. The van der Waals surface area contributed by atoms with Gasteiger partial charge in [0.2, 0.25) is 0 Å². The molecule has 37 heavy (non-hydrogen) atoms. The summed E-state index contributed by atoms with van der Waals surface area (Å²) in [4.78, 5) is 4.03. The quantitative estimate of drug-likeness (QED) is 0.170. The Hall–Kier alpha value is -3.42. The van der Waals surface area contributed by atoms with Crippen molar-refractivity contribution in [2.24, 2.45) is 0 Å².